The molecule has 50 heavy (non-hydrogen) atoms. The van der Waals surface area contributed by atoms with Crippen LogP contribution in [0.15, 0.2) is 72.4 Å². The highest BCUT2D eigenvalue weighted by Crippen LogP contribution is 2.40. The average molecular weight is 727 g/mol. The van der Waals surface area contributed by atoms with Crippen LogP contribution in [0.1, 0.15) is 100 Å². The van der Waals surface area contributed by atoms with Gasteiger partial charge >= 0.3 is 5.97 Å². The fraction of sp³-hybridized carbons (Fsp3) is 0.690. The molecule has 0 radical (unpaired) electrons. The highest BCUT2D eigenvalue weighted by molar-refractivity contribution is 6.74. The molecule has 0 spiro atoms. The second kappa shape index (κ2) is 18.3. The Morgan fingerprint density at radius 3 is 2.26 bits per heavy atom. The Labute approximate surface area is 307 Å². The molecule has 0 aromatic heterocycles. The van der Waals surface area contributed by atoms with Crippen molar-refractivity contribution < 1.29 is 27.9 Å². The van der Waals surface area contributed by atoms with E-state index in [0.29, 0.717) is 25.4 Å². The highest BCUT2D eigenvalue weighted by atomic mass is 28.4. The van der Waals surface area contributed by atoms with Gasteiger partial charge in [-0.2, -0.15) is 0 Å². The van der Waals surface area contributed by atoms with Gasteiger partial charge in [0, 0.05) is 12.5 Å². The van der Waals surface area contributed by atoms with E-state index in [1.165, 1.54) is 11.1 Å². The summed E-state index contributed by atoms with van der Waals surface area (Å²) in [4.78, 5) is 13.5. The van der Waals surface area contributed by atoms with E-state index in [9.17, 15) is 4.79 Å². The van der Waals surface area contributed by atoms with E-state index >= 15 is 0 Å². The summed E-state index contributed by atoms with van der Waals surface area (Å²) in [5.41, 5.74) is 2.51. The number of hydrogen-bond donors (Lipinski definition) is 0. The first-order valence-corrected chi connectivity index (χ1v) is 24.8. The molecule has 0 aromatic rings. The SMILES string of the molecule is C=C1CC(O[Si](C)(C)C(C)(C)C)/C=C/C[C@@H]([C@@H](/C=C/[C@@H]2CC(C)=CCO2)O[Si](C)(C)C(C)(C)C)OC(=O)/C=C\C[C@@H]2C=CC[C@@H](C[C@@H](C)C1)O2. The van der Waals surface area contributed by atoms with Gasteiger partial charge < -0.3 is 23.1 Å². The van der Waals surface area contributed by atoms with Crippen LogP contribution < -0.4 is 0 Å². The molecule has 7 atom stereocenters. The fourth-order valence-corrected chi connectivity index (χ4v) is 8.64. The lowest BCUT2D eigenvalue weighted by Gasteiger charge is -2.40. The van der Waals surface area contributed by atoms with Crippen LogP contribution in [-0.2, 0) is 27.9 Å². The fourth-order valence-electron chi connectivity index (χ4n) is 6.10. The summed E-state index contributed by atoms with van der Waals surface area (Å²) in [7, 11) is -4.36. The van der Waals surface area contributed by atoms with Crippen LogP contribution >= 0.6 is 0 Å². The predicted molar refractivity (Wildman–Crippen MR) is 213 cm³/mol. The van der Waals surface area contributed by atoms with Gasteiger partial charge in [0.05, 0.1) is 31.0 Å². The van der Waals surface area contributed by atoms with E-state index in [-0.39, 0.29) is 40.5 Å². The molecule has 282 valence electrons. The van der Waals surface area contributed by atoms with Crippen LogP contribution in [0.4, 0.5) is 0 Å². The first-order chi connectivity index (χ1) is 23.1. The zero-order valence-corrected chi connectivity index (χ0v) is 35.6. The van der Waals surface area contributed by atoms with Crippen LogP contribution in [0.25, 0.3) is 0 Å². The van der Waals surface area contributed by atoms with E-state index in [1.807, 2.05) is 6.08 Å². The molecule has 6 nitrogen and oxygen atoms in total. The molecular weight excluding hydrogens is 657 g/mol. The van der Waals surface area contributed by atoms with Gasteiger partial charge in [-0.3, -0.25) is 0 Å². The lowest BCUT2D eigenvalue weighted by Crippen LogP contribution is -2.47. The number of esters is 1. The van der Waals surface area contributed by atoms with Gasteiger partial charge in [0.2, 0.25) is 0 Å². The Morgan fingerprint density at radius 1 is 0.920 bits per heavy atom. The number of cyclic esters (lactones) is 1. The zero-order chi connectivity index (χ0) is 37.3. The Kier molecular flexibility index (Phi) is 15.6. The molecule has 3 heterocycles. The van der Waals surface area contributed by atoms with Crippen LogP contribution in [0, 0.1) is 5.92 Å². The summed E-state index contributed by atoms with van der Waals surface area (Å²) < 4.78 is 32.9. The molecule has 0 saturated heterocycles. The van der Waals surface area contributed by atoms with Gasteiger partial charge in [-0.1, -0.05) is 115 Å². The average Bonchev–Trinajstić information content (AvgIpc) is 2.97. The summed E-state index contributed by atoms with van der Waals surface area (Å²) in [5, 5.41) is 0.0376. The van der Waals surface area contributed by atoms with Crippen molar-refractivity contribution >= 4 is 22.6 Å². The molecule has 0 fully saturated rings. The van der Waals surface area contributed by atoms with Crippen molar-refractivity contribution in [1.82, 2.24) is 0 Å². The van der Waals surface area contributed by atoms with E-state index in [2.05, 4.69) is 131 Å². The van der Waals surface area contributed by atoms with E-state index in [1.54, 1.807) is 6.08 Å². The predicted octanol–water partition coefficient (Wildman–Crippen LogP) is 11.0. The highest BCUT2D eigenvalue weighted by Gasteiger charge is 2.41. The first-order valence-electron chi connectivity index (χ1n) is 19.0. The normalized spacial score (nSPS) is 30.6. The Bertz CT molecular complexity index is 1280. The zero-order valence-electron chi connectivity index (χ0n) is 33.6. The smallest absolute Gasteiger partial charge is 0.330 e. The molecule has 3 aliphatic heterocycles. The molecule has 0 N–H and O–H groups in total. The van der Waals surface area contributed by atoms with Crippen LogP contribution in [0.3, 0.4) is 0 Å². The number of fused-ring (bicyclic) bond motifs is 2. The first kappa shape index (κ1) is 42.6. The number of rotatable bonds is 7. The van der Waals surface area contributed by atoms with Gasteiger partial charge in [0.15, 0.2) is 16.6 Å². The molecule has 3 rings (SSSR count). The number of hydrogen-bond acceptors (Lipinski definition) is 6. The molecule has 3 aliphatic rings. The van der Waals surface area contributed by atoms with E-state index < -0.39 is 28.8 Å². The third kappa shape index (κ3) is 13.6. The lowest BCUT2D eigenvalue weighted by molar-refractivity contribution is -0.146. The lowest BCUT2D eigenvalue weighted by atomic mass is 9.91. The molecule has 1 unspecified atom stereocenters. The second-order valence-electron chi connectivity index (χ2n) is 18.0. The molecule has 0 saturated carbocycles. The standard InChI is InChI=1S/C42H70O6Si2/c1-31-25-26-44-35(28-31)23-24-39(48-50(12,13)42(7,8)9)38-21-15-20-37(47-49(10,11)41(4,5)6)30-33(3)27-32(2)29-36-19-14-17-34(45-36)18-16-22-40(43)46-38/h14-17,20,22-25,32,34-39H,3,18-19,21,26-30H2,1-2,4-13H3/b20-15+,22-16-,24-23+/t32-,34-,35+,36-,37?,38-,39+/m0/s1. The van der Waals surface area contributed by atoms with Crippen molar-refractivity contribution in [3.63, 3.8) is 0 Å². The van der Waals surface area contributed by atoms with Crippen molar-refractivity contribution in [2.75, 3.05) is 6.61 Å². The Hall–Kier alpha value is -1.82. The number of carbonyl (C=O) groups is 1. The summed E-state index contributed by atoms with van der Waals surface area (Å²) in [6, 6.07) is 0. The topological polar surface area (TPSA) is 63.2 Å². The van der Waals surface area contributed by atoms with E-state index in [4.69, 9.17) is 23.1 Å². The minimum Gasteiger partial charge on any atom is -0.456 e. The van der Waals surface area contributed by atoms with Crippen LogP contribution in [0.5, 0.6) is 0 Å². The summed E-state index contributed by atoms with van der Waals surface area (Å²) >= 11 is 0. The van der Waals surface area contributed by atoms with Gasteiger partial charge in [-0.05, 0) is 87.6 Å². The maximum atomic E-state index is 13.5. The van der Waals surface area contributed by atoms with Gasteiger partial charge in [-0.25, -0.2) is 4.79 Å². The quantitative estimate of drug-likeness (QED) is 0.148. The summed E-state index contributed by atoms with van der Waals surface area (Å²) in [6.07, 6.45) is 22.9. The van der Waals surface area contributed by atoms with Crippen molar-refractivity contribution in [3.8, 4) is 0 Å². The van der Waals surface area contributed by atoms with Crippen LogP contribution in [0.2, 0.25) is 36.3 Å². The maximum absolute atomic E-state index is 13.5. The van der Waals surface area contributed by atoms with Gasteiger partial charge in [0.1, 0.15) is 12.2 Å². The molecular formula is C42H70O6Si2. The van der Waals surface area contributed by atoms with Crippen molar-refractivity contribution in [1.29, 1.82) is 0 Å². The maximum Gasteiger partial charge on any atom is 0.330 e. The molecule has 2 bridgehead atoms. The molecule has 0 aliphatic carbocycles. The summed E-state index contributed by atoms with van der Waals surface area (Å²) in [6.45, 7) is 32.2. The van der Waals surface area contributed by atoms with Crippen molar-refractivity contribution in [2.24, 2.45) is 5.92 Å². The van der Waals surface area contributed by atoms with Gasteiger partial charge in [0.25, 0.3) is 0 Å². The third-order valence-electron chi connectivity index (χ3n) is 11.2. The van der Waals surface area contributed by atoms with Crippen LogP contribution in [-0.4, -0.2) is 65.8 Å². The Morgan fingerprint density at radius 2 is 1.60 bits per heavy atom. The molecule has 0 aromatic carbocycles. The number of ether oxygens (including phenoxy) is 3. The molecule has 8 heteroatoms. The van der Waals surface area contributed by atoms with Crippen molar-refractivity contribution in [2.45, 2.75) is 173 Å². The summed E-state index contributed by atoms with van der Waals surface area (Å²) in [5.74, 6) is 0.0697. The largest absolute Gasteiger partial charge is 0.456 e. The minimum absolute atomic E-state index is 0.0278. The third-order valence-corrected chi connectivity index (χ3v) is 20.1. The van der Waals surface area contributed by atoms with Crippen molar-refractivity contribution in [3.05, 3.63) is 72.4 Å². The molecule has 0 amide bonds. The number of carbonyl (C=O) groups excluding carboxylic acids is 1. The Balaban J connectivity index is 2.02. The van der Waals surface area contributed by atoms with E-state index in [0.717, 1.165) is 32.1 Å². The van der Waals surface area contributed by atoms with Gasteiger partial charge in [-0.15, -0.1) is 0 Å². The second-order valence-corrected chi connectivity index (χ2v) is 27.5. The minimum atomic E-state index is -2.27. The monoisotopic (exact) mass is 726 g/mol.